The minimum absolute atomic E-state index is 0.0129. The maximum atomic E-state index is 15.3. The summed E-state index contributed by atoms with van der Waals surface area (Å²) >= 11 is 0. The zero-order chi connectivity index (χ0) is 22.7. The number of hydrogen-bond donors (Lipinski definition) is 2. The van der Waals surface area contributed by atoms with Gasteiger partial charge in [0.05, 0.1) is 12.2 Å². The fraction of sp³-hybridized carbons (Fsp3) is 0.261. The molecule has 8 heteroatoms. The van der Waals surface area contributed by atoms with Crippen molar-refractivity contribution in [3.05, 3.63) is 60.4 Å². The molecule has 0 spiro atoms. The highest BCUT2D eigenvalue weighted by Crippen LogP contribution is 2.32. The average molecular weight is 427 g/mol. The van der Waals surface area contributed by atoms with Crippen LogP contribution in [0.25, 0.3) is 22.3 Å². The van der Waals surface area contributed by atoms with Crippen molar-refractivity contribution in [2.45, 2.75) is 39.9 Å². The molecule has 0 saturated carbocycles. The lowest BCUT2D eigenvalue weighted by Gasteiger charge is -2.17. The molecule has 2 N–H and O–H groups in total. The van der Waals surface area contributed by atoms with E-state index in [-0.39, 0.29) is 34.7 Å². The molecule has 0 aliphatic rings. The van der Waals surface area contributed by atoms with Crippen molar-refractivity contribution < 1.29 is 28.3 Å². The van der Waals surface area contributed by atoms with E-state index >= 15 is 4.39 Å². The highest BCUT2D eigenvalue weighted by atomic mass is 19.1. The molecule has 0 amide bonds. The Balaban J connectivity index is 2.08. The number of aromatic nitrogens is 1. The fourth-order valence-electron chi connectivity index (χ4n) is 3.19. The predicted molar refractivity (Wildman–Crippen MR) is 116 cm³/mol. The monoisotopic (exact) mass is 427 g/mol. The molecule has 0 saturated heterocycles. The molecule has 0 aliphatic heterocycles. The Bertz CT molecular complexity index is 1070. The molecule has 5 nitrogen and oxygen atoms in total. The number of pyridine rings is 1. The van der Waals surface area contributed by atoms with Crippen LogP contribution >= 0.6 is 0 Å². The Morgan fingerprint density at radius 1 is 0.806 bits per heavy atom. The van der Waals surface area contributed by atoms with Gasteiger partial charge in [-0.3, -0.25) is 4.98 Å². The Morgan fingerprint density at radius 2 is 1.42 bits per heavy atom. The van der Waals surface area contributed by atoms with Crippen molar-refractivity contribution in [3.8, 4) is 33.8 Å². The van der Waals surface area contributed by atoms with Gasteiger partial charge < -0.3 is 19.5 Å². The SMILES string of the molecule is CC(C)Oc1ccc(-c2cncc(-c3c(B(O)O)ccc(OC(C)C)c3F)c2)cc1F. The molecule has 3 aromatic rings. The van der Waals surface area contributed by atoms with Crippen molar-refractivity contribution >= 4 is 12.6 Å². The van der Waals surface area contributed by atoms with Gasteiger partial charge in [-0.1, -0.05) is 12.1 Å². The quantitative estimate of drug-likeness (QED) is 0.559. The van der Waals surface area contributed by atoms with Crippen LogP contribution in [0.3, 0.4) is 0 Å². The predicted octanol–water partition coefficient (Wildman–Crippen LogP) is 3.95. The summed E-state index contributed by atoms with van der Waals surface area (Å²) in [5.41, 5.74) is 1.28. The van der Waals surface area contributed by atoms with Gasteiger partial charge in [0, 0.05) is 29.1 Å². The largest absolute Gasteiger partial charge is 0.489 e. The number of rotatable bonds is 7. The lowest BCUT2D eigenvalue weighted by atomic mass is 9.75. The number of hydrogen-bond acceptors (Lipinski definition) is 5. The summed E-state index contributed by atoms with van der Waals surface area (Å²) in [6.07, 6.45) is 2.48. The Hall–Kier alpha value is -2.97. The summed E-state index contributed by atoms with van der Waals surface area (Å²) in [6.45, 7) is 7.13. The van der Waals surface area contributed by atoms with E-state index in [1.54, 1.807) is 39.8 Å². The smallest absolute Gasteiger partial charge is 0.488 e. The first-order valence-corrected chi connectivity index (χ1v) is 9.94. The van der Waals surface area contributed by atoms with Gasteiger partial charge in [-0.25, -0.2) is 8.78 Å². The third kappa shape index (κ3) is 5.21. The van der Waals surface area contributed by atoms with Crippen LogP contribution in [0, 0.1) is 11.6 Å². The van der Waals surface area contributed by atoms with Crippen LogP contribution in [-0.2, 0) is 0 Å². The number of benzene rings is 2. The Kier molecular flexibility index (Phi) is 6.92. The zero-order valence-corrected chi connectivity index (χ0v) is 17.8. The zero-order valence-electron chi connectivity index (χ0n) is 17.8. The van der Waals surface area contributed by atoms with E-state index in [2.05, 4.69) is 4.98 Å². The van der Waals surface area contributed by atoms with E-state index in [4.69, 9.17) is 9.47 Å². The second-order valence-electron chi connectivity index (χ2n) is 7.66. The van der Waals surface area contributed by atoms with Crippen molar-refractivity contribution in [1.82, 2.24) is 4.98 Å². The van der Waals surface area contributed by atoms with E-state index in [0.717, 1.165) is 0 Å². The normalized spacial score (nSPS) is 11.2. The van der Waals surface area contributed by atoms with E-state index < -0.39 is 18.8 Å². The molecule has 1 aromatic heterocycles. The van der Waals surface area contributed by atoms with Crippen LogP contribution < -0.4 is 14.9 Å². The molecule has 1 heterocycles. The van der Waals surface area contributed by atoms with E-state index in [1.807, 2.05) is 0 Å². The maximum Gasteiger partial charge on any atom is 0.489 e. The Labute approximate surface area is 180 Å². The molecule has 0 unspecified atom stereocenters. The highest BCUT2D eigenvalue weighted by Gasteiger charge is 2.24. The molecule has 0 radical (unpaired) electrons. The van der Waals surface area contributed by atoms with Crippen LogP contribution in [-0.4, -0.2) is 34.4 Å². The van der Waals surface area contributed by atoms with Crippen molar-refractivity contribution in [2.24, 2.45) is 0 Å². The summed E-state index contributed by atoms with van der Waals surface area (Å²) in [5.74, 6) is -1.13. The lowest BCUT2D eigenvalue weighted by molar-refractivity contribution is 0.231. The van der Waals surface area contributed by atoms with Gasteiger partial charge in [-0.05, 0) is 63.0 Å². The molecular formula is C23H24BF2NO4. The van der Waals surface area contributed by atoms with Crippen molar-refractivity contribution in [2.75, 3.05) is 0 Å². The first-order valence-electron chi connectivity index (χ1n) is 9.94. The van der Waals surface area contributed by atoms with Crippen LogP contribution in [0.2, 0.25) is 0 Å². The number of halogens is 2. The van der Waals surface area contributed by atoms with Gasteiger partial charge >= 0.3 is 7.12 Å². The summed E-state index contributed by atoms with van der Waals surface area (Å²) in [5, 5.41) is 19.5. The maximum absolute atomic E-state index is 15.3. The molecule has 0 bridgehead atoms. The summed E-state index contributed by atoms with van der Waals surface area (Å²) in [7, 11) is -1.90. The molecule has 0 fully saturated rings. The van der Waals surface area contributed by atoms with E-state index in [0.29, 0.717) is 16.7 Å². The Morgan fingerprint density at radius 3 is 2.03 bits per heavy atom. The van der Waals surface area contributed by atoms with Crippen molar-refractivity contribution in [1.29, 1.82) is 0 Å². The number of ether oxygens (including phenoxy) is 2. The van der Waals surface area contributed by atoms with Gasteiger partial charge in [0.15, 0.2) is 23.1 Å². The molecular weight excluding hydrogens is 403 g/mol. The lowest BCUT2D eigenvalue weighted by Crippen LogP contribution is -2.32. The molecule has 0 aliphatic carbocycles. The number of nitrogens with zero attached hydrogens (tertiary/aromatic N) is 1. The van der Waals surface area contributed by atoms with Crippen LogP contribution in [0.1, 0.15) is 27.7 Å². The van der Waals surface area contributed by atoms with E-state index in [1.165, 1.54) is 36.7 Å². The summed E-state index contributed by atoms with van der Waals surface area (Å²) < 4.78 is 40.6. The summed E-state index contributed by atoms with van der Waals surface area (Å²) in [4.78, 5) is 4.15. The van der Waals surface area contributed by atoms with Crippen LogP contribution in [0.4, 0.5) is 8.78 Å². The van der Waals surface area contributed by atoms with E-state index in [9.17, 15) is 14.4 Å². The second kappa shape index (κ2) is 9.45. The van der Waals surface area contributed by atoms with Gasteiger partial charge in [0.1, 0.15) is 0 Å². The molecule has 0 atom stereocenters. The molecule has 31 heavy (non-hydrogen) atoms. The van der Waals surface area contributed by atoms with Gasteiger partial charge in [0.2, 0.25) is 0 Å². The molecule has 162 valence electrons. The first-order chi connectivity index (χ1) is 14.7. The summed E-state index contributed by atoms with van der Waals surface area (Å²) in [6, 6.07) is 8.87. The third-order valence-corrected chi connectivity index (χ3v) is 4.43. The molecule has 2 aromatic carbocycles. The minimum Gasteiger partial charge on any atom is -0.488 e. The van der Waals surface area contributed by atoms with Crippen LogP contribution in [0.5, 0.6) is 11.5 Å². The highest BCUT2D eigenvalue weighted by molar-refractivity contribution is 6.60. The van der Waals surface area contributed by atoms with Gasteiger partial charge in [-0.15, -0.1) is 0 Å². The fourth-order valence-corrected chi connectivity index (χ4v) is 3.19. The van der Waals surface area contributed by atoms with Gasteiger partial charge in [-0.2, -0.15) is 0 Å². The molecule has 3 rings (SSSR count). The van der Waals surface area contributed by atoms with Crippen LogP contribution in [0.15, 0.2) is 48.8 Å². The van der Waals surface area contributed by atoms with Crippen molar-refractivity contribution in [3.63, 3.8) is 0 Å². The average Bonchev–Trinajstić information content (AvgIpc) is 2.70. The first kappa shape index (κ1) is 22.7. The topological polar surface area (TPSA) is 71.8 Å². The second-order valence-corrected chi connectivity index (χ2v) is 7.66. The van der Waals surface area contributed by atoms with Gasteiger partial charge in [0.25, 0.3) is 0 Å². The standard InChI is InChI=1S/C23H24BF2NO4/c1-13(2)30-20-7-5-15(10-19(20)25)16-9-17(12-27-11-16)22-18(24(28)29)6-8-21(23(22)26)31-14(3)4/h5-14,28-29H,1-4H3. The third-order valence-electron chi connectivity index (χ3n) is 4.43. The minimum atomic E-state index is -1.90.